The van der Waals surface area contributed by atoms with Gasteiger partial charge in [0.15, 0.2) is 5.17 Å². The fourth-order valence-corrected chi connectivity index (χ4v) is 3.97. The molecule has 0 saturated heterocycles. The third-order valence-electron chi connectivity index (χ3n) is 4.17. The van der Waals surface area contributed by atoms with E-state index in [1.54, 1.807) is 0 Å². The summed E-state index contributed by atoms with van der Waals surface area (Å²) >= 11 is 1.90. The Hall–Kier alpha value is -0.960. The van der Waals surface area contributed by atoms with E-state index in [0.29, 0.717) is 11.3 Å². The summed E-state index contributed by atoms with van der Waals surface area (Å²) in [5, 5.41) is 5.32. The molecule has 0 radical (unpaired) electrons. The second-order valence-electron chi connectivity index (χ2n) is 5.76. The molecule has 0 aromatic heterocycles. The maximum atomic E-state index is 4.68. The largest absolute Gasteiger partial charge is 0.362 e. The van der Waals surface area contributed by atoms with Crippen LogP contribution in [0.2, 0.25) is 0 Å². The highest BCUT2D eigenvalue weighted by molar-refractivity contribution is 8.14. The highest BCUT2D eigenvalue weighted by Crippen LogP contribution is 2.35. The minimum Gasteiger partial charge on any atom is -0.362 e. The molecule has 3 heteroatoms. The van der Waals surface area contributed by atoms with Crippen molar-refractivity contribution < 1.29 is 0 Å². The Morgan fingerprint density at radius 1 is 1.11 bits per heavy atom. The molecular weight excluding hydrogens is 252 g/mol. The number of hydrogen-bond donors (Lipinski definition) is 1. The summed E-state index contributed by atoms with van der Waals surface area (Å²) in [6.45, 7) is 3.28. The zero-order valence-corrected chi connectivity index (χ0v) is 12.3. The van der Waals surface area contributed by atoms with Crippen LogP contribution in [0.5, 0.6) is 0 Å². The number of aliphatic imine (C=N–C) groups is 1. The third kappa shape index (κ3) is 3.33. The molecule has 1 saturated carbocycles. The van der Waals surface area contributed by atoms with Crippen LogP contribution >= 0.6 is 11.8 Å². The summed E-state index contributed by atoms with van der Waals surface area (Å²) < 4.78 is 0. The second kappa shape index (κ2) is 6.00. The van der Waals surface area contributed by atoms with E-state index >= 15 is 0 Å². The first-order valence-electron chi connectivity index (χ1n) is 7.34. The normalized spacial score (nSPS) is 31.0. The molecule has 19 heavy (non-hydrogen) atoms. The van der Waals surface area contributed by atoms with Gasteiger partial charge in [-0.15, -0.1) is 0 Å². The van der Waals surface area contributed by atoms with Crippen molar-refractivity contribution >= 4 is 16.9 Å². The Labute approximate surface area is 120 Å². The van der Waals surface area contributed by atoms with Gasteiger partial charge in [0.25, 0.3) is 0 Å². The van der Waals surface area contributed by atoms with Crippen molar-refractivity contribution in [1.82, 2.24) is 5.32 Å². The van der Waals surface area contributed by atoms with Gasteiger partial charge in [-0.05, 0) is 37.2 Å². The van der Waals surface area contributed by atoms with Crippen LogP contribution in [0, 0.1) is 5.92 Å². The molecule has 2 nitrogen and oxygen atoms in total. The summed E-state index contributed by atoms with van der Waals surface area (Å²) in [5.74, 6) is 0.910. The average Bonchev–Trinajstić information content (AvgIpc) is 2.91. The molecule has 1 aliphatic carbocycles. The SMILES string of the molecule is CC1CCC(NC2=NCC(c3ccccc3)S2)CC1. The van der Waals surface area contributed by atoms with E-state index in [-0.39, 0.29) is 0 Å². The van der Waals surface area contributed by atoms with Crippen LogP contribution in [-0.2, 0) is 0 Å². The van der Waals surface area contributed by atoms with Crippen molar-refractivity contribution in [2.24, 2.45) is 10.9 Å². The topological polar surface area (TPSA) is 24.4 Å². The molecule has 1 aromatic rings. The summed E-state index contributed by atoms with van der Waals surface area (Å²) in [6.07, 6.45) is 5.32. The number of thioether (sulfide) groups is 1. The first kappa shape index (κ1) is 13.0. The van der Waals surface area contributed by atoms with Crippen molar-refractivity contribution in [3.05, 3.63) is 35.9 Å². The van der Waals surface area contributed by atoms with Crippen molar-refractivity contribution in [2.45, 2.75) is 43.9 Å². The molecule has 102 valence electrons. The maximum Gasteiger partial charge on any atom is 0.157 e. The first-order chi connectivity index (χ1) is 9.31. The molecular formula is C16H22N2S. The molecule has 1 heterocycles. The lowest BCUT2D eigenvalue weighted by atomic mass is 9.87. The molecule has 2 aliphatic rings. The van der Waals surface area contributed by atoms with Gasteiger partial charge in [0.1, 0.15) is 0 Å². The molecule has 0 amide bonds. The van der Waals surface area contributed by atoms with Gasteiger partial charge in [0.05, 0.1) is 11.8 Å². The van der Waals surface area contributed by atoms with Gasteiger partial charge in [0.2, 0.25) is 0 Å². The monoisotopic (exact) mass is 274 g/mol. The van der Waals surface area contributed by atoms with E-state index in [4.69, 9.17) is 0 Å². The van der Waals surface area contributed by atoms with Crippen LogP contribution in [0.1, 0.15) is 43.4 Å². The fraction of sp³-hybridized carbons (Fsp3) is 0.562. The van der Waals surface area contributed by atoms with E-state index in [9.17, 15) is 0 Å². The quantitative estimate of drug-likeness (QED) is 0.881. The van der Waals surface area contributed by atoms with Crippen molar-refractivity contribution in [3.8, 4) is 0 Å². The van der Waals surface area contributed by atoms with Crippen LogP contribution in [0.25, 0.3) is 0 Å². The molecule has 1 aromatic carbocycles. The number of nitrogens with zero attached hydrogens (tertiary/aromatic N) is 1. The molecule has 1 fully saturated rings. The molecule has 1 aliphatic heterocycles. The van der Waals surface area contributed by atoms with Gasteiger partial charge < -0.3 is 5.32 Å². The Bertz CT molecular complexity index is 435. The minimum atomic E-state index is 0.506. The van der Waals surface area contributed by atoms with Crippen LogP contribution in [0.4, 0.5) is 0 Å². The van der Waals surface area contributed by atoms with Gasteiger partial charge in [-0.2, -0.15) is 0 Å². The smallest absolute Gasteiger partial charge is 0.157 e. The maximum absolute atomic E-state index is 4.68. The first-order valence-corrected chi connectivity index (χ1v) is 8.22. The number of amidine groups is 1. The van der Waals surface area contributed by atoms with Gasteiger partial charge >= 0.3 is 0 Å². The Morgan fingerprint density at radius 3 is 2.58 bits per heavy atom. The summed E-state index contributed by atoms with van der Waals surface area (Å²) in [7, 11) is 0. The zero-order valence-electron chi connectivity index (χ0n) is 11.5. The van der Waals surface area contributed by atoms with E-state index in [1.807, 2.05) is 11.8 Å². The van der Waals surface area contributed by atoms with Crippen molar-refractivity contribution in [1.29, 1.82) is 0 Å². The molecule has 1 atom stereocenters. The average molecular weight is 274 g/mol. The van der Waals surface area contributed by atoms with Gasteiger partial charge in [-0.25, -0.2) is 0 Å². The predicted molar refractivity (Wildman–Crippen MR) is 83.6 cm³/mol. The highest BCUT2D eigenvalue weighted by Gasteiger charge is 2.24. The van der Waals surface area contributed by atoms with Crippen molar-refractivity contribution in [3.63, 3.8) is 0 Å². The molecule has 0 spiro atoms. The minimum absolute atomic E-state index is 0.506. The Morgan fingerprint density at radius 2 is 1.84 bits per heavy atom. The Kier molecular flexibility index (Phi) is 4.12. The zero-order chi connectivity index (χ0) is 13.1. The molecule has 1 unspecified atom stereocenters. The standard InChI is InChI=1S/C16H22N2S/c1-12-7-9-14(10-8-12)18-16-17-11-15(19-16)13-5-3-2-4-6-13/h2-6,12,14-15H,7-11H2,1H3,(H,17,18). The van der Waals surface area contributed by atoms with E-state index in [0.717, 1.165) is 17.6 Å². The lowest BCUT2D eigenvalue weighted by Gasteiger charge is -2.27. The van der Waals surface area contributed by atoms with E-state index in [1.165, 1.54) is 31.2 Å². The van der Waals surface area contributed by atoms with E-state index < -0.39 is 0 Å². The number of nitrogens with one attached hydrogen (secondary N) is 1. The summed E-state index contributed by atoms with van der Waals surface area (Å²) in [5.41, 5.74) is 1.39. The van der Waals surface area contributed by atoms with Gasteiger partial charge in [-0.1, -0.05) is 49.0 Å². The lowest BCUT2D eigenvalue weighted by Crippen LogP contribution is -2.35. The highest BCUT2D eigenvalue weighted by atomic mass is 32.2. The lowest BCUT2D eigenvalue weighted by molar-refractivity contribution is 0.332. The van der Waals surface area contributed by atoms with Crippen LogP contribution in [0.3, 0.4) is 0 Å². The number of benzene rings is 1. The third-order valence-corrected chi connectivity index (χ3v) is 5.35. The van der Waals surface area contributed by atoms with Crippen LogP contribution in [0.15, 0.2) is 35.3 Å². The fourth-order valence-electron chi connectivity index (χ4n) is 2.87. The predicted octanol–water partition coefficient (Wildman–Crippen LogP) is 4.00. The molecule has 1 N–H and O–H groups in total. The number of hydrogen-bond acceptors (Lipinski definition) is 3. The Balaban J connectivity index is 1.52. The van der Waals surface area contributed by atoms with Crippen LogP contribution < -0.4 is 5.32 Å². The second-order valence-corrected chi connectivity index (χ2v) is 6.96. The van der Waals surface area contributed by atoms with Crippen molar-refractivity contribution in [2.75, 3.05) is 6.54 Å². The number of rotatable bonds is 2. The summed E-state index contributed by atoms with van der Waals surface area (Å²) in [4.78, 5) is 4.68. The molecule has 3 rings (SSSR count). The summed E-state index contributed by atoms with van der Waals surface area (Å²) in [6, 6.07) is 11.4. The van der Waals surface area contributed by atoms with Gasteiger partial charge in [-0.3, -0.25) is 4.99 Å². The van der Waals surface area contributed by atoms with E-state index in [2.05, 4.69) is 47.6 Å². The van der Waals surface area contributed by atoms with Crippen LogP contribution in [-0.4, -0.2) is 17.8 Å². The van der Waals surface area contributed by atoms with Gasteiger partial charge in [0, 0.05) is 6.04 Å². The molecule has 0 bridgehead atoms.